The van der Waals surface area contributed by atoms with Gasteiger partial charge in [-0.25, -0.2) is 0 Å². The molecule has 0 spiro atoms. The Morgan fingerprint density at radius 1 is 1.46 bits per heavy atom. The topological polar surface area (TPSA) is 9.23 Å². The molecule has 1 nitrogen and oxygen atoms in total. The Bertz CT molecular complexity index is 276. The minimum absolute atomic E-state index is 0.780. The Kier molecular flexibility index (Phi) is 4.80. The Balaban J connectivity index is 2.56. The predicted molar refractivity (Wildman–Crippen MR) is 64.6 cm³/mol. The number of ether oxygens (including phenoxy) is 1. The minimum Gasteiger partial charge on any atom is -0.492 e. The van der Waals surface area contributed by atoms with Crippen molar-refractivity contribution in [1.29, 1.82) is 0 Å². The van der Waals surface area contributed by atoms with E-state index in [1.54, 1.807) is 0 Å². The molecule has 1 aromatic carbocycles. The maximum Gasteiger partial charge on any atom is 0.132 e. The van der Waals surface area contributed by atoms with E-state index in [4.69, 9.17) is 4.74 Å². The molecule has 0 bridgehead atoms. The van der Waals surface area contributed by atoms with Crippen LogP contribution in [-0.4, -0.2) is 16.8 Å². The molecule has 0 amide bonds. The van der Waals surface area contributed by atoms with Gasteiger partial charge in [0.2, 0.25) is 0 Å². The van der Waals surface area contributed by atoms with Gasteiger partial charge in [0.05, 0.1) is 10.2 Å². The molecule has 0 unspecified atom stereocenters. The zero-order valence-electron chi connectivity index (χ0n) is 7.64. The Hall–Kier alpha value is -0.0331. The number of rotatable bonds is 4. The van der Waals surface area contributed by atoms with E-state index in [0.717, 1.165) is 24.8 Å². The highest BCUT2D eigenvalue weighted by Crippen LogP contribution is 2.21. The molecule has 0 saturated carbocycles. The first-order valence-corrected chi connectivity index (χ1v) is 6.06. The van der Waals surface area contributed by atoms with E-state index in [2.05, 4.69) is 51.9 Å². The summed E-state index contributed by atoms with van der Waals surface area (Å²) in [5.41, 5.74) is 1.27. The smallest absolute Gasteiger partial charge is 0.132 e. The average Bonchev–Trinajstić information content (AvgIpc) is 2.09. The minimum atomic E-state index is 0.780. The molecule has 1 aromatic rings. The van der Waals surface area contributed by atoms with Gasteiger partial charge in [-0.15, -0.1) is 0 Å². The van der Waals surface area contributed by atoms with Crippen molar-refractivity contribution in [1.82, 2.24) is 0 Å². The maximum atomic E-state index is 5.59. The van der Waals surface area contributed by atoms with Gasteiger partial charge in [0.25, 0.3) is 0 Å². The number of aryl methyl sites for hydroxylation is 1. The molecule has 0 atom stereocenters. The third kappa shape index (κ3) is 3.68. The summed E-state index contributed by atoms with van der Waals surface area (Å²) in [5, 5.41) is 0. The number of hydrogen-bond acceptors (Lipinski definition) is 1. The summed E-state index contributed by atoms with van der Waals surface area (Å²) in [6.45, 7) is 2.87. The predicted octanol–water partition coefficient (Wildman–Crippen LogP) is 2.96. The van der Waals surface area contributed by atoms with Gasteiger partial charge in [-0.2, -0.15) is 0 Å². The van der Waals surface area contributed by atoms with Crippen molar-refractivity contribution in [3.63, 3.8) is 0 Å². The summed E-state index contributed by atoms with van der Waals surface area (Å²) in [4.78, 5) is 0. The standard InChI is InChI=1S/C10H12IOSi/c1-8-3-4-10(9(11)7-8)12-5-2-6-13/h3-4,7H,2,5-6H2,1H3. The van der Waals surface area contributed by atoms with E-state index in [1.807, 2.05) is 6.07 Å². The Morgan fingerprint density at radius 3 is 2.85 bits per heavy atom. The molecule has 0 aliphatic rings. The van der Waals surface area contributed by atoms with Crippen LogP contribution in [0.2, 0.25) is 6.04 Å². The molecule has 0 fully saturated rings. The summed E-state index contributed by atoms with van der Waals surface area (Å²) in [7, 11) is 3.42. The second kappa shape index (κ2) is 5.65. The highest BCUT2D eigenvalue weighted by molar-refractivity contribution is 14.1. The van der Waals surface area contributed by atoms with Crippen LogP contribution in [0.4, 0.5) is 0 Å². The van der Waals surface area contributed by atoms with E-state index in [9.17, 15) is 0 Å². The molecule has 13 heavy (non-hydrogen) atoms. The van der Waals surface area contributed by atoms with E-state index < -0.39 is 0 Å². The van der Waals surface area contributed by atoms with E-state index in [-0.39, 0.29) is 0 Å². The van der Waals surface area contributed by atoms with Gasteiger partial charge in [-0.3, -0.25) is 0 Å². The second-order valence-corrected chi connectivity index (χ2v) is 4.55. The molecule has 0 saturated heterocycles. The zero-order valence-corrected chi connectivity index (χ0v) is 10.8. The van der Waals surface area contributed by atoms with E-state index >= 15 is 0 Å². The Morgan fingerprint density at radius 2 is 2.23 bits per heavy atom. The molecular weight excluding hydrogens is 291 g/mol. The van der Waals surface area contributed by atoms with Gasteiger partial charge < -0.3 is 4.74 Å². The number of hydrogen-bond donors (Lipinski definition) is 0. The van der Waals surface area contributed by atoms with E-state index in [1.165, 1.54) is 9.13 Å². The summed E-state index contributed by atoms with van der Waals surface area (Å²) < 4.78 is 6.78. The van der Waals surface area contributed by atoms with Crippen LogP contribution in [0, 0.1) is 10.5 Å². The summed E-state index contributed by atoms with van der Waals surface area (Å²) >= 11 is 2.30. The average molecular weight is 303 g/mol. The molecule has 0 aromatic heterocycles. The molecule has 69 valence electrons. The molecular formula is C10H12IOSi. The first kappa shape index (κ1) is 11.0. The van der Waals surface area contributed by atoms with E-state index in [0.29, 0.717) is 0 Å². The normalized spacial score (nSPS) is 10.1. The highest BCUT2D eigenvalue weighted by atomic mass is 127. The van der Waals surface area contributed by atoms with Gasteiger partial charge in [-0.05, 0) is 53.6 Å². The Labute approximate surface area is 96.4 Å². The first-order valence-electron chi connectivity index (χ1n) is 4.27. The van der Waals surface area contributed by atoms with Crippen LogP contribution in [0.15, 0.2) is 18.2 Å². The molecule has 0 aliphatic carbocycles. The van der Waals surface area contributed by atoms with Crippen molar-refractivity contribution in [2.24, 2.45) is 0 Å². The van der Waals surface area contributed by atoms with Crippen molar-refractivity contribution >= 4 is 32.8 Å². The molecule has 3 radical (unpaired) electrons. The van der Waals surface area contributed by atoms with Gasteiger partial charge in [0.1, 0.15) is 5.75 Å². The number of halogens is 1. The third-order valence-corrected chi connectivity index (χ3v) is 2.86. The lowest BCUT2D eigenvalue weighted by Crippen LogP contribution is -1.98. The van der Waals surface area contributed by atoms with Crippen LogP contribution >= 0.6 is 22.6 Å². The summed E-state index contributed by atoms with van der Waals surface area (Å²) in [6, 6.07) is 7.22. The molecule has 0 aliphatic heterocycles. The fourth-order valence-corrected chi connectivity index (χ4v) is 1.95. The fourth-order valence-electron chi connectivity index (χ4n) is 0.977. The van der Waals surface area contributed by atoms with Gasteiger partial charge in [-0.1, -0.05) is 12.1 Å². The highest BCUT2D eigenvalue weighted by Gasteiger charge is 1.99. The summed E-state index contributed by atoms with van der Waals surface area (Å²) in [6.07, 6.45) is 1.04. The van der Waals surface area contributed by atoms with Crippen LogP contribution in [-0.2, 0) is 0 Å². The van der Waals surface area contributed by atoms with Crippen molar-refractivity contribution in [2.45, 2.75) is 19.4 Å². The van der Waals surface area contributed by atoms with Crippen LogP contribution in [0.5, 0.6) is 5.75 Å². The summed E-state index contributed by atoms with van der Waals surface area (Å²) in [5.74, 6) is 0.992. The molecule has 1 rings (SSSR count). The molecule has 0 N–H and O–H groups in total. The van der Waals surface area contributed by atoms with Crippen LogP contribution < -0.4 is 4.74 Å². The van der Waals surface area contributed by atoms with Gasteiger partial charge >= 0.3 is 0 Å². The van der Waals surface area contributed by atoms with Crippen molar-refractivity contribution in [3.8, 4) is 5.75 Å². The maximum absolute atomic E-state index is 5.59. The van der Waals surface area contributed by atoms with Gasteiger partial charge in [0, 0.05) is 10.2 Å². The lowest BCUT2D eigenvalue weighted by Gasteiger charge is -2.07. The van der Waals surface area contributed by atoms with Crippen molar-refractivity contribution in [3.05, 3.63) is 27.3 Å². The quantitative estimate of drug-likeness (QED) is 0.472. The van der Waals surface area contributed by atoms with Gasteiger partial charge in [0.15, 0.2) is 0 Å². The van der Waals surface area contributed by atoms with Crippen molar-refractivity contribution < 1.29 is 4.74 Å². The van der Waals surface area contributed by atoms with Crippen LogP contribution in [0.1, 0.15) is 12.0 Å². The largest absolute Gasteiger partial charge is 0.492 e. The second-order valence-electron chi connectivity index (χ2n) is 2.89. The van der Waals surface area contributed by atoms with Crippen LogP contribution in [0.3, 0.4) is 0 Å². The third-order valence-electron chi connectivity index (χ3n) is 1.67. The lowest BCUT2D eigenvalue weighted by atomic mass is 10.2. The van der Waals surface area contributed by atoms with Crippen LogP contribution in [0.25, 0.3) is 0 Å². The first-order chi connectivity index (χ1) is 6.24. The fraction of sp³-hybridized carbons (Fsp3) is 0.400. The molecule has 0 heterocycles. The molecule has 3 heteroatoms. The SMILES string of the molecule is Cc1ccc(OCCC[Si])c(I)c1. The monoisotopic (exact) mass is 303 g/mol. The van der Waals surface area contributed by atoms with Crippen molar-refractivity contribution in [2.75, 3.05) is 6.61 Å². The zero-order chi connectivity index (χ0) is 9.68. The number of benzene rings is 1. The lowest BCUT2D eigenvalue weighted by molar-refractivity contribution is 0.315.